The quantitative estimate of drug-likeness (QED) is 0.341. The zero-order valence-corrected chi connectivity index (χ0v) is 9.40. The molecule has 0 saturated heterocycles. The molecule has 0 atom stereocenters. The average Bonchev–Trinajstić information content (AvgIpc) is 2.21. The van der Waals surface area contributed by atoms with Crippen molar-refractivity contribution in [3.63, 3.8) is 0 Å². The van der Waals surface area contributed by atoms with Crippen LogP contribution >= 0.6 is 0 Å². The zero-order valence-electron chi connectivity index (χ0n) is 8.58. The number of benzene rings is 2. The van der Waals surface area contributed by atoms with Gasteiger partial charge in [0.25, 0.3) is 10.1 Å². The van der Waals surface area contributed by atoms with Gasteiger partial charge in [-0.3, -0.25) is 4.55 Å². The van der Waals surface area contributed by atoms with Gasteiger partial charge in [-0.05, 0) is 29.7 Å². The van der Waals surface area contributed by atoms with Crippen LogP contribution < -0.4 is 11.5 Å². The number of nitrogens with two attached hydrogens (primary N) is 2. The molecule has 0 aliphatic heterocycles. The Kier molecular flexibility index (Phi) is 2.37. The molecule has 0 heterocycles. The maximum absolute atomic E-state index is 11.1. The lowest BCUT2D eigenvalue weighted by Gasteiger charge is -2.09. The number of phenols is 1. The molecule has 2 rings (SSSR count). The number of anilines is 2. The molecule has 0 aliphatic rings. The molecule has 7 heteroatoms. The van der Waals surface area contributed by atoms with Crippen molar-refractivity contribution in [3.8, 4) is 5.75 Å². The second-order valence-electron chi connectivity index (χ2n) is 3.59. The van der Waals surface area contributed by atoms with Gasteiger partial charge in [0.15, 0.2) is 0 Å². The highest BCUT2D eigenvalue weighted by Crippen LogP contribution is 2.36. The number of fused-ring (bicyclic) bond motifs is 1. The lowest BCUT2D eigenvalue weighted by molar-refractivity contribution is 0.473. The smallest absolute Gasteiger partial charge is 0.296 e. The van der Waals surface area contributed by atoms with Crippen LogP contribution in [0.3, 0.4) is 0 Å². The van der Waals surface area contributed by atoms with Gasteiger partial charge >= 0.3 is 0 Å². The van der Waals surface area contributed by atoms with E-state index in [1.165, 1.54) is 12.1 Å². The summed E-state index contributed by atoms with van der Waals surface area (Å²) in [6.07, 6.45) is 0. The average molecular weight is 254 g/mol. The van der Waals surface area contributed by atoms with E-state index < -0.39 is 20.8 Å². The molecule has 0 bridgehead atoms. The Morgan fingerprint density at radius 2 is 1.76 bits per heavy atom. The number of hydrogen-bond acceptors (Lipinski definition) is 5. The van der Waals surface area contributed by atoms with Gasteiger partial charge in [-0.2, -0.15) is 8.42 Å². The lowest BCUT2D eigenvalue weighted by atomic mass is 10.1. The minimum Gasteiger partial charge on any atom is -0.505 e. The summed E-state index contributed by atoms with van der Waals surface area (Å²) in [4.78, 5) is -0.534. The number of aromatic hydroxyl groups is 1. The molecule has 0 spiro atoms. The van der Waals surface area contributed by atoms with Crippen molar-refractivity contribution in [1.29, 1.82) is 0 Å². The summed E-state index contributed by atoms with van der Waals surface area (Å²) in [5, 5.41) is 10.5. The van der Waals surface area contributed by atoms with E-state index in [1.54, 1.807) is 6.07 Å². The molecular formula is C10H10N2O4S. The molecule has 2 aromatic rings. The first-order valence-electron chi connectivity index (χ1n) is 4.59. The van der Waals surface area contributed by atoms with Crippen molar-refractivity contribution in [1.82, 2.24) is 0 Å². The van der Waals surface area contributed by atoms with E-state index in [0.29, 0.717) is 16.5 Å². The van der Waals surface area contributed by atoms with Gasteiger partial charge in [0.05, 0.1) is 5.69 Å². The van der Waals surface area contributed by atoms with E-state index in [1.807, 2.05) is 0 Å². The molecule has 6 N–H and O–H groups in total. The second-order valence-corrected chi connectivity index (χ2v) is 4.98. The van der Waals surface area contributed by atoms with Gasteiger partial charge in [-0.25, -0.2) is 0 Å². The van der Waals surface area contributed by atoms with E-state index in [2.05, 4.69) is 0 Å². The largest absolute Gasteiger partial charge is 0.505 e. The number of hydrogen-bond donors (Lipinski definition) is 4. The molecule has 90 valence electrons. The number of phenolic OH excluding ortho intramolecular Hbond substituents is 1. The highest BCUT2D eigenvalue weighted by molar-refractivity contribution is 7.86. The summed E-state index contributed by atoms with van der Waals surface area (Å²) in [6, 6.07) is 5.71. The molecular weight excluding hydrogens is 244 g/mol. The molecule has 0 radical (unpaired) electrons. The van der Waals surface area contributed by atoms with Crippen LogP contribution in [0.15, 0.2) is 29.2 Å². The lowest BCUT2D eigenvalue weighted by Crippen LogP contribution is -2.03. The van der Waals surface area contributed by atoms with Crippen LogP contribution in [0.25, 0.3) is 10.8 Å². The van der Waals surface area contributed by atoms with Gasteiger partial charge in [-0.1, -0.05) is 0 Å². The van der Waals surface area contributed by atoms with Gasteiger partial charge in [0.2, 0.25) is 0 Å². The highest BCUT2D eigenvalue weighted by Gasteiger charge is 2.19. The van der Waals surface area contributed by atoms with Crippen molar-refractivity contribution in [2.75, 3.05) is 11.5 Å². The summed E-state index contributed by atoms with van der Waals surface area (Å²) >= 11 is 0. The Bertz CT molecular complexity index is 710. The standard InChI is InChI=1S/C10H10N2O4S/c11-6-1-2-7-5(3-6)4-8(17(14,15)16)9(12)10(7)13/h1-4,13H,11-12H2,(H,14,15,16). The van der Waals surface area contributed by atoms with E-state index in [-0.39, 0.29) is 5.69 Å². The second kappa shape index (κ2) is 3.51. The van der Waals surface area contributed by atoms with Crippen LogP contribution in [0, 0.1) is 0 Å². The van der Waals surface area contributed by atoms with E-state index >= 15 is 0 Å². The van der Waals surface area contributed by atoms with Crippen LogP contribution in [0.1, 0.15) is 0 Å². The fraction of sp³-hybridized carbons (Fsp3) is 0. The first-order valence-corrected chi connectivity index (χ1v) is 6.03. The third kappa shape index (κ3) is 1.85. The van der Waals surface area contributed by atoms with Gasteiger partial charge in [-0.15, -0.1) is 0 Å². The van der Waals surface area contributed by atoms with Crippen molar-refractivity contribution in [2.45, 2.75) is 4.90 Å². The van der Waals surface area contributed by atoms with Crippen LogP contribution in [-0.4, -0.2) is 18.1 Å². The maximum atomic E-state index is 11.1. The van der Waals surface area contributed by atoms with Gasteiger partial charge in [0, 0.05) is 11.1 Å². The van der Waals surface area contributed by atoms with E-state index in [9.17, 15) is 13.5 Å². The first kappa shape index (κ1) is 11.5. The van der Waals surface area contributed by atoms with Gasteiger partial charge in [0.1, 0.15) is 10.6 Å². The Morgan fingerprint density at radius 3 is 2.35 bits per heavy atom. The fourth-order valence-electron chi connectivity index (χ4n) is 1.61. The van der Waals surface area contributed by atoms with Crippen molar-refractivity contribution < 1.29 is 18.1 Å². The normalized spacial score (nSPS) is 11.8. The summed E-state index contributed by atoms with van der Waals surface area (Å²) in [5.41, 5.74) is 11.0. The predicted octanol–water partition coefficient (Wildman–Crippen LogP) is 0.957. The minimum atomic E-state index is -4.49. The molecule has 0 aliphatic carbocycles. The third-order valence-electron chi connectivity index (χ3n) is 2.42. The van der Waals surface area contributed by atoms with Crippen LogP contribution in [0.2, 0.25) is 0 Å². The molecule has 0 fully saturated rings. The highest BCUT2D eigenvalue weighted by atomic mass is 32.2. The summed E-state index contributed by atoms with van der Waals surface area (Å²) in [7, 11) is -4.49. The molecule has 0 saturated carbocycles. The Labute approximate surface area is 97.2 Å². The molecule has 0 unspecified atom stereocenters. The van der Waals surface area contributed by atoms with Crippen molar-refractivity contribution in [2.24, 2.45) is 0 Å². The van der Waals surface area contributed by atoms with Crippen LogP contribution in [-0.2, 0) is 10.1 Å². The molecule has 17 heavy (non-hydrogen) atoms. The van der Waals surface area contributed by atoms with Crippen LogP contribution in [0.5, 0.6) is 5.75 Å². The first-order chi connectivity index (χ1) is 7.80. The van der Waals surface area contributed by atoms with Crippen molar-refractivity contribution in [3.05, 3.63) is 24.3 Å². The zero-order chi connectivity index (χ0) is 12.8. The molecule has 0 amide bonds. The molecule has 0 aromatic heterocycles. The Balaban J connectivity index is 2.95. The van der Waals surface area contributed by atoms with E-state index in [4.69, 9.17) is 16.0 Å². The fourth-order valence-corrected chi connectivity index (χ4v) is 2.26. The maximum Gasteiger partial charge on any atom is 0.296 e. The third-order valence-corrected chi connectivity index (χ3v) is 3.31. The van der Waals surface area contributed by atoms with E-state index in [0.717, 1.165) is 6.07 Å². The van der Waals surface area contributed by atoms with Crippen LogP contribution in [0.4, 0.5) is 11.4 Å². The Hall–Kier alpha value is -1.99. The minimum absolute atomic E-state index is 0.365. The Morgan fingerprint density at radius 1 is 1.12 bits per heavy atom. The predicted molar refractivity (Wildman–Crippen MR) is 64.3 cm³/mol. The summed E-state index contributed by atoms with van der Waals surface area (Å²) in [6.45, 7) is 0. The van der Waals surface area contributed by atoms with Crippen molar-refractivity contribution >= 4 is 32.3 Å². The molecule has 2 aromatic carbocycles. The monoisotopic (exact) mass is 254 g/mol. The number of nitrogen functional groups attached to an aromatic ring is 2. The topological polar surface area (TPSA) is 127 Å². The summed E-state index contributed by atoms with van der Waals surface area (Å²) in [5.74, 6) is -0.393. The SMILES string of the molecule is Nc1ccc2c(O)c(N)c(S(=O)(=O)O)cc2c1. The van der Waals surface area contributed by atoms with Gasteiger partial charge < -0.3 is 16.6 Å². The summed E-state index contributed by atoms with van der Waals surface area (Å²) < 4.78 is 31.1. The number of rotatable bonds is 1. The molecule has 6 nitrogen and oxygen atoms in total.